The third-order valence-electron chi connectivity index (χ3n) is 2.65. The molecule has 104 valence electrons. The first-order valence-electron chi connectivity index (χ1n) is 6.04. The predicted molar refractivity (Wildman–Crippen MR) is 74.1 cm³/mol. The Bertz CT molecular complexity index is 579. The number of carbonyl (C=O) groups excluding carboxylic acids is 1. The molecule has 5 heteroatoms. The van der Waals surface area contributed by atoms with E-state index in [1.54, 1.807) is 25.2 Å². The number of benzene rings is 1. The van der Waals surface area contributed by atoms with Gasteiger partial charge < -0.3 is 14.7 Å². The van der Waals surface area contributed by atoms with E-state index in [0.29, 0.717) is 23.4 Å². The zero-order chi connectivity index (χ0) is 15.0. The molecule has 1 amide bonds. The van der Waals surface area contributed by atoms with Crippen molar-refractivity contribution in [3.8, 4) is 23.7 Å². The number of hydrogen-bond acceptors (Lipinski definition) is 4. The Hall–Kier alpha value is -2.50. The second kappa shape index (κ2) is 7.83. The van der Waals surface area contributed by atoms with Crippen molar-refractivity contribution in [3.63, 3.8) is 0 Å². The molecule has 0 aromatic heterocycles. The summed E-state index contributed by atoms with van der Waals surface area (Å²) in [5.41, 5.74) is 1.01. The smallest absolute Gasteiger partial charge is 0.253 e. The van der Waals surface area contributed by atoms with Gasteiger partial charge >= 0.3 is 0 Å². The van der Waals surface area contributed by atoms with Crippen molar-refractivity contribution in [3.05, 3.63) is 29.3 Å². The molecule has 0 heterocycles. The van der Waals surface area contributed by atoms with Crippen LogP contribution in [0.2, 0.25) is 0 Å². The molecule has 20 heavy (non-hydrogen) atoms. The van der Waals surface area contributed by atoms with Crippen LogP contribution < -0.4 is 4.74 Å². The Kier molecular flexibility index (Phi) is 6.09. The molecule has 5 nitrogen and oxygen atoms in total. The van der Waals surface area contributed by atoms with Crippen LogP contribution in [0.25, 0.3) is 0 Å². The number of carbonyl (C=O) groups is 1. The van der Waals surface area contributed by atoms with Crippen LogP contribution in [0.3, 0.4) is 0 Å². The summed E-state index contributed by atoms with van der Waals surface area (Å²) in [5.74, 6) is 5.63. The number of rotatable bonds is 4. The molecule has 1 aromatic carbocycles. The molecule has 0 aliphatic rings. The summed E-state index contributed by atoms with van der Waals surface area (Å²) in [6, 6.07) is 6.92. The van der Waals surface area contributed by atoms with Crippen molar-refractivity contribution in [2.75, 3.05) is 27.3 Å². The van der Waals surface area contributed by atoms with Gasteiger partial charge in [0.05, 0.1) is 25.2 Å². The van der Waals surface area contributed by atoms with E-state index >= 15 is 0 Å². The summed E-state index contributed by atoms with van der Waals surface area (Å²) < 4.78 is 5.15. The van der Waals surface area contributed by atoms with Crippen molar-refractivity contribution < 1.29 is 14.6 Å². The summed E-state index contributed by atoms with van der Waals surface area (Å²) in [6.45, 7) is 0.114. The monoisotopic (exact) mass is 272 g/mol. The topological polar surface area (TPSA) is 73.6 Å². The number of nitriles is 1. The SMILES string of the molecule is COc1ccc(C(=O)N(C)CCC#N)cc1C#CCO. The van der Waals surface area contributed by atoms with E-state index in [4.69, 9.17) is 15.1 Å². The van der Waals surface area contributed by atoms with Crippen molar-refractivity contribution in [1.82, 2.24) is 4.90 Å². The molecule has 0 aliphatic carbocycles. The van der Waals surface area contributed by atoms with Crippen LogP contribution in [-0.4, -0.2) is 43.2 Å². The maximum Gasteiger partial charge on any atom is 0.253 e. The van der Waals surface area contributed by atoms with Gasteiger partial charge in [-0.25, -0.2) is 0 Å². The lowest BCUT2D eigenvalue weighted by atomic mass is 10.1. The molecule has 0 saturated carbocycles. The molecule has 0 unspecified atom stereocenters. The fourth-order valence-electron chi connectivity index (χ4n) is 1.61. The number of nitrogens with zero attached hydrogens (tertiary/aromatic N) is 2. The number of aliphatic hydroxyl groups is 1. The first-order chi connectivity index (χ1) is 9.63. The summed E-state index contributed by atoms with van der Waals surface area (Å²) in [6.07, 6.45) is 0.287. The normalized spacial score (nSPS) is 9.10. The lowest BCUT2D eigenvalue weighted by Crippen LogP contribution is -2.27. The molecule has 0 spiro atoms. The van der Waals surface area contributed by atoms with Crippen LogP contribution in [0.1, 0.15) is 22.3 Å². The van der Waals surface area contributed by atoms with Crippen molar-refractivity contribution in [2.24, 2.45) is 0 Å². The van der Waals surface area contributed by atoms with Gasteiger partial charge in [-0.3, -0.25) is 4.79 Å². The Labute approximate surface area is 118 Å². The third kappa shape index (κ3) is 4.01. The standard InChI is InChI=1S/C15H16N2O3/c1-17(9-4-8-16)15(19)13-6-7-14(20-2)12(11-13)5-3-10-18/h6-7,11,18H,4,9-10H2,1-2H3. The second-order valence-corrected chi connectivity index (χ2v) is 4.01. The van der Waals surface area contributed by atoms with E-state index < -0.39 is 0 Å². The molecule has 1 aromatic rings. The van der Waals surface area contributed by atoms with Crippen molar-refractivity contribution in [2.45, 2.75) is 6.42 Å². The molecule has 0 fully saturated rings. The van der Waals surface area contributed by atoms with E-state index in [9.17, 15) is 4.79 Å². The first kappa shape index (κ1) is 15.6. The van der Waals surface area contributed by atoms with E-state index in [-0.39, 0.29) is 18.9 Å². The third-order valence-corrected chi connectivity index (χ3v) is 2.65. The highest BCUT2D eigenvalue weighted by atomic mass is 16.5. The Balaban J connectivity index is 3.02. The van der Waals surface area contributed by atoms with Gasteiger partial charge in [-0.1, -0.05) is 11.8 Å². The van der Waals surface area contributed by atoms with Gasteiger partial charge in [0.15, 0.2) is 0 Å². The lowest BCUT2D eigenvalue weighted by Gasteiger charge is -2.16. The van der Waals surface area contributed by atoms with Gasteiger partial charge in [-0.2, -0.15) is 5.26 Å². The lowest BCUT2D eigenvalue weighted by molar-refractivity contribution is 0.0798. The maximum atomic E-state index is 12.2. The molecule has 1 rings (SSSR count). The maximum absolute atomic E-state index is 12.2. The average molecular weight is 272 g/mol. The van der Waals surface area contributed by atoms with Gasteiger partial charge in [0.25, 0.3) is 5.91 Å². The summed E-state index contributed by atoms with van der Waals surface area (Å²) in [4.78, 5) is 13.6. The number of hydrogen-bond donors (Lipinski definition) is 1. The number of aliphatic hydroxyl groups excluding tert-OH is 1. The highest BCUT2D eigenvalue weighted by Gasteiger charge is 2.13. The average Bonchev–Trinajstić information content (AvgIpc) is 2.49. The highest BCUT2D eigenvalue weighted by Crippen LogP contribution is 2.19. The fourth-order valence-corrected chi connectivity index (χ4v) is 1.61. The van der Waals surface area contributed by atoms with E-state index in [1.165, 1.54) is 12.0 Å². The van der Waals surface area contributed by atoms with Gasteiger partial charge in [0.2, 0.25) is 0 Å². The molecule has 0 atom stereocenters. The molecule has 0 saturated heterocycles. The molecular formula is C15H16N2O3. The van der Waals surface area contributed by atoms with Gasteiger partial charge in [-0.15, -0.1) is 0 Å². The summed E-state index contributed by atoms with van der Waals surface area (Å²) >= 11 is 0. The molecule has 1 N–H and O–H groups in total. The second-order valence-electron chi connectivity index (χ2n) is 4.01. The molecule has 0 aliphatic heterocycles. The Morgan fingerprint density at radius 3 is 2.85 bits per heavy atom. The molecular weight excluding hydrogens is 256 g/mol. The van der Waals surface area contributed by atoms with Crippen LogP contribution in [0, 0.1) is 23.2 Å². The minimum absolute atomic E-state index is 0.185. The zero-order valence-electron chi connectivity index (χ0n) is 11.5. The zero-order valence-corrected chi connectivity index (χ0v) is 11.5. The fraction of sp³-hybridized carbons (Fsp3) is 0.333. The predicted octanol–water partition coefficient (Wildman–Crippen LogP) is 1.02. The number of ether oxygens (including phenoxy) is 1. The van der Waals surface area contributed by atoms with Crippen LogP contribution in [0.4, 0.5) is 0 Å². The van der Waals surface area contributed by atoms with Crippen LogP contribution in [-0.2, 0) is 0 Å². The minimum Gasteiger partial charge on any atom is -0.495 e. The van der Waals surface area contributed by atoms with Crippen LogP contribution in [0.5, 0.6) is 5.75 Å². The number of amides is 1. The Morgan fingerprint density at radius 1 is 1.50 bits per heavy atom. The van der Waals surface area contributed by atoms with E-state index in [0.717, 1.165) is 0 Å². The summed E-state index contributed by atoms with van der Waals surface area (Å²) in [7, 11) is 3.16. The van der Waals surface area contributed by atoms with Crippen LogP contribution >= 0.6 is 0 Å². The number of methoxy groups -OCH3 is 1. The van der Waals surface area contributed by atoms with Gasteiger partial charge in [-0.05, 0) is 18.2 Å². The van der Waals surface area contributed by atoms with Crippen molar-refractivity contribution in [1.29, 1.82) is 5.26 Å². The quantitative estimate of drug-likeness (QED) is 0.831. The van der Waals surface area contributed by atoms with Gasteiger partial charge in [0.1, 0.15) is 12.4 Å². The van der Waals surface area contributed by atoms with Crippen molar-refractivity contribution >= 4 is 5.91 Å². The largest absolute Gasteiger partial charge is 0.495 e. The van der Waals surface area contributed by atoms with Gasteiger partial charge in [0, 0.05) is 19.2 Å². The first-order valence-corrected chi connectivity index (χ1v) is 6.04. The summed E-state index contributed by atoms with van der Waals surface area (Å²) in [5, 5.41) is 17.3. The Morgan fingerprint density at radius 2 is 2.25 bits per heavy atom. The minimum atomic E-state index is -0.261. The molecule has 0 bridgehead atoms. The van der Waals surface area contributed by atoms with E-state index in [1.807, 2.05) is 6.07 Å². The van der Waals surface area contributed by atoms with Crippen LogP contribution in [0.15, 0.2) is 18.2 Å². The highest BCUT2D eigenvalue weighted by molar-refractivity contribution is 5.94. The molecule has 0 radical (unpaired) electrons. The van der Waals surface area contributed by atoms with E-state index in [2.05, 4.69) is 11.8 Å².